The molecule has 0 unspecified atom stereocenters. The van der Waals surface area contributed by atoms with E-state index in [-0.39, 0.29) is 11.9 Å². The summed E-state index contributed by atoms with van der Waals surface area (Å²) in [7, 11) is 10.1. The lowest BCUT2D eigenvalue weighted by molar-refractivity contribution is -0.140. The van der Waals surface area contributed by atoms with Crippen LogP contribution in [0.4, 0.5) is 0 Å². The first-order chi connectivity index (χ1) is 9.62. The van der Waals surface area contributed by atoms with Gasteiger partial charge in [-0.05, 0) is 25.4 Å². The summed E-state index contributed by atoms with van der Waals surface area (Å²) in [6.07, 6.45) is 7.17. The molecule has 0 saturated heterocycles. The number of carbonyl (C=O) groups excluding carboxylic acids is 2. The van der Waals surface area contributed by atoms with E-state index in [0.717, 1.165) is 24.3 Å². The van der Waals surface area contributed by atoms with Crippen LogP contribution in [0, 0.1) is 0 Å². The molecule has 0 bridgehead atoms. The van der Waals surface area contributed by atoms with E-state index in [1.54, 1.807) is 50.2 Å². The summed E-state index contributed by atoms with van der Waals surface area (Å²) in [6.45, 7) is 0. The second-order valence-corrected chi connectivity index (χ2v) is 8.80. The molecule has 0 aliphatic heterocycles. The molecular weight excluding hydrogens is 334 g/mol. The second-order valence-electron chi connectivity index (χ2n) is 3.43. The first-order valence-electron chi connectivity index (χ1n) is 6.20. The van der Waals surface area contributed by atoms with Crippen LogP contribution in [0.3, 0.4) is 0 Å². The Labute approximate surface area is 138 Å². The molecule has 0 aliphatic rings. The number of rotatable bonds is 10. The van der Waals surface area contributed by atoms with Crippen molar-refractivity contribution in [3.8, 4) is 0 Å². The van der Waals surface area contributed by atoms with Crippen molar-refractivity contribution in [2.75, 3.05) is 38.2 Å². The first-order valence-corrected chi connectivity index (χ1v) is 11.7. The van der Waals surface area contributed by atoms with Gasteiger partial charge in [0.1, 0.15) is 0 Å². The zero-order valence-corrected chi connectivity index (χ0v) is 15.9. The predicted octanol–water partition coefficient (Wildman–Crippen LogP) is 3.47. The van der Waals surface area contributed by atoms with Crippen molar-refractivity contribution in [2.45, 2.75) is 25.7 Å². The monoisotopic (exact) mass is 359 g/mol. The summed E-state index contributed by atoms with van der Waals surface area (Å²) in [5.74, 6) is 2.12. The normalized spacial score (nSPS) is 9.40. The van der Waals surface area contributed by atoms with Crippen LogP contribution < -0.4 is 5.32 Å². The Kier molecular flexibility index (Phi) is 21.9. The standard InChI is InChI=1S/C6H13NOS2.C6H12O2S2/c1-7-6(8)4-3-5-10-9-2;1-8-6(7)4-3-5-10-9-2/h3-5H2,1-2H3,(H,7,8);3-5H2,1-2H3. The van der Waals surface area contributed by atoms with Crippen LogP contribution in [0.1, 0.15) is 25.7 Å². The fourth-order valence-corrected chi connectivity index (χ4v) is 3.53. The quantitative estimate of drug-likeness (QED) is 0.364. The van der Waals surface area contributed by atoms with Crippen LogP contribution in [0.25, 0.3) is 0 Å². The highest BCUT2D eigenvalue weighted by Crippen LogP contribution is 2.18. The Morgan fingerprint density at radius 2 is 1.50 bits per heavy atom. The lowest BCUT2D eigenvalue weighted by Gasteiger charge is -1.97. The van der Waals surface area contributed by atoms with E-state index in [9.17, 15) is 9.59 Å². The van der Waals surface area contributed by atoms with E-state index < -0.39 is 0 Å². The van der Waals surface area contributed by atoms with Crippen molar-refractivity contribution in [2.24, 2.45) is 0 Å². The first kappa shape index (κ1) is 22.6. The second kappa shape index (κ2) is 19.3. The molecule has 0 fully saturated rings. The maximum absolute atomic E-state index is 10.6. The van der Waals surface area contributed by atoms with Gasteiger partial charge in [0, 0.05) is 31.4 Å². The highest BCUT2D eigenvalue weighted by atomic mass is 33.1. The summed E-state index contributed by atoms with van der Waals surface area (Å²) < 4.78 is 4.48. The van der Waals surface area contributed by atoms with Crippen molar-refractivity contribution in [1.29, 1.82) is 0 Å². The molecule has 1 N–H and O–H groups in total. The molecule has 4 nitrogen and oxygen atoms in total. The molecule has 0 heterocycles. The van der Waals surface area contributed by atoms with Crippen LogP contribution in [-0.4, -0.2) is 50.1 Å². The summed E-state index contributed by atoms with van der Waals surface area (Å²) in [5.41, 5.74) is 0. The van der Waals surface area contributed by atoms with Gasteiger partial charge in [0.05, 0.1) is 7.11 Å². The Balaban J connectivity index is 0. The SMILES string of the molecule is CNC(=O)CCCSSC.COC(=O)CCCSSC. The van der Waals surface area contributed by atoms with Gasteiger partial charge in [0.15, 0.2) is 0 Å². The zero-order valence-electron chi connectivity index (χ0n) is 12.6. The summed E-state index contributed by atoms with van der Waals surface area (Å²) in [6, 6.07) is 0. The van der Waals surface area contributed by atoms with Crippen molar-refractivity contribution < 1.29 is 14.3 Å². The molecule has 8 heteroatoms. The van der Waals surface area contributed by atoms with Crippen LogP contribution in [0.5, 0.6) is 0 Å². The molecule has 0 aromatic heterocycles. The average molecular weight is 360 g/mol. The van der Waals surface area contributed by atoms with Gasteiger partial charge in [0.25, 0.3) is 0 Å². The third kappa shape index (κ3) is 20.7. The van der Waals surface area contributed by atoms with Crippen molar-refractivity contribution >= 4 is 55.1 Å². The van der Waals surface area contributed by atoms with Crippen molar-refractivity contribution in [3.05, 3.63) is 0 Å². The molecule has 0 saturated carbocycles. The van der Waals surface area contributed by atoms with Gasteiger partial charge < -0.3 is 10.1 Å². The number of hydrogen-bond donors (Lipinski definition) is 1. The van der Waals surface area contributed by atoms with Gasteiger partial charge in [-0.1, -0.05) is 43.2 Å². The number of nitrogens with one attached hydrogen (secondary N) is 1. The fourth-order valence-electron chi connectivity index (χ4n) is 0.961. The molecule has 0 atom stereocenters. The van der Waals surface area contributed by atoms with E-state index in [1.165, 1.54) is 7.11 Å². The van der Waals surface area contributed by atoms with Crippen molar-refractivity contribution in [1.82, 2.24) is 5.32 Å². The van der Waals surface area contributed by atoms with E-state index in [1.807, 2.05) is 12.5 Å². The van der Waals surface area contributed by atoms with Gasteiger partial charge in [-0.2, -0.15) is 0 Å². The minimum atomic E-state index is -0.110. The minimum absolute atomic E-state index is 0.110. The smallest absolute Gasteiger partial charge is 0.305 e. The molecule has 120 valence electrons. The van der Waals surface area contributed by atoms with Gasteiger partial charge in [-0.3, -0.25) is 9.59 Å². The molecule has 0 spiro atoms. The average Bonchev–Trinajstić information content (AvgIpc) is 2.48. The van der Waals surface area contributed by atoms with E-state index in [0.29, 0.717) is 12.8 Å². The van der Waals surface area contributed by atoms with E-state index in [2.05, 4.69) is 10.1 Å². The number of amides is 1. The summed E-state index contributed by atoms with van der Waals surface area (Å²) in [5, 5.41) is 2.59. The van der Waals surface area contributed by atoms with Crippen LogP contribution in [0.2, 0.25) is 0 Å². The minimum Gasteiger partial charge on any atom is -0.469 e. The number of esters is 1. The number of ether oxygens (including phenoxy) is 1. The van der Waals surface area contributed by atoms with Gasteiger partial charge in [0.2, 0.25) is 5.91 Å². The fraction of sp³-hybridized carbons (Fsp3) is 0.833. The van der Waals surface area contributed by atoms with Crippen LogP contribution in [-0.2, 0) is 14.3 Å². The lowest BCUT2D eigenvalue weighted by Crippen LogP contribution is -2.17. The van der Waals surface area contributed by atoms with E-state index >= 15 is 0 Å². The maximum atomic E-state index is 10.6. The molecule has 20 heavy (non-hydrogen) atoms. The maximum Gasteiger partial charge on any atom is 0.305 e. The molecular formula is C12H25NO3S4. The third-order valence-corrected chi connectivity index (χ3v) is 5.78. The van der Waals surface area contributed by atoms with Crippen LogP contribution >= 0.6 is 43.2 Å². The van der Waals surface area contributed by atoms with Gasteiger partial charge in [-0.15, -0.1) is 0 Å². The highest BCUT2D eigenvalue weighted by Gasteiger charge is 1.98. The predicted molar refractivity (Wildman–Crippen MR) is 96.5 cm³/mol. The van der Waals surface area contributed by atoms with Crippen molar-refractivity contribution in [3.63, 3.8) is 0 Å². The van der Waals surface area contributed by atoms with E-state index in [4.69, 9.17) is 0 Å². The Bertz CT molecular complexity index is 219. The Morgan fingerprint density at radius 1 is 1.00 bits per heavy atom. The number of hydrogen-bond acceptors (Lipinski definition) is 7. The molecule has 0 aliphatic carbocycles. The number of methoxy groups -OCH3 is 1. The Morgan fingerprint density at radius 3 is 1.90 bits per heavy atom. The lowest BCUT2D eigenvalue weighted by atomic mass is 10.3. The largest absolute Gasteiger partial charge is 0.469 e. The summed E-state index contributed by atoms with van der Waals surface area (Å²) >= 11 is 0. The Hall–Kier alpha value is 0.340. The summed E-state index contributed by atoms with van der Waals surface area (Å²) in [4.78, 5) is 21.2. The van der Waals surface area contributed by atoms with Gasteiger partial charge in [-0.25, -0.2) is 0 Å². The molecule has 0 radical (unpaired) electrons. The topological polar surface area (TPSA) is 55.4 Å². The molecule has 0 aromatic rings. The third-order valence-electron chi connectivity index (χ3n) is 1.98. The van der Waals surface area contributed by atoms with Gasteiger partial charge >= 0.3 is 5.97 Å². The zero-order chi connectivity index (χ0) is 15.6. The number of carbonyl (C=O) groups is 2. The molecule has 0 aromatic carbocycles. The van der Waals surface area contributed by atoms with Crippen LogP contribution in [0.15, 0.2) is 0 Å². The molecule has 1 amide bonds. The highest BCUT2D eigenvalue weighted by molar-refractivity contribution is 8.76. The molecule has 0 rings (SSSR count).